The number of hydrogen-bond acceptors (Lipinski definition) is 5. The first-order valence-electron chi connectivity index (χ1n) is 7.95. The highest BCUT2D eigenvalue weighted by Crippen LogP contribution is 2.20. The lowest BCUT2D eigenvalue weighted by Crippen LogP contribution is -2.35. The van der Waals surface area contributed by atoms with Crippen LogP contribution in [-0.2, 0) is 28.1 Å². The fourth-order valence-electron chi connectivity index (χ4n) is 2.27. The predicted octanol–water partition coefficient (Wildman–Crippen LogP) is 3.25. The van der Waals surface area contributed by atoms with Crippen LogP contribution in [0.15, 0.2) is 54.6 Å². The molecule has 1 unspecified atom stereocenters. The van der Waals surface area contributed by atoms with Crippen molar-refractivity contribution in [2.45, 2.75) is 24.6 Å². The molecule has 0 saturated carbocycles. The van der Waals surface area contributed by atoms with E-state index in [9.17, 15) is 9.59 Å². The number of thioether (sulfide) groups is 1. The van der Waals surface area contributed by atoms with Crippen LogP contribution in [0, 0.1) is 0 Å². The highest BCUT2D eigenvalue weighted by molar-refractivity contribution is 8.12. The molecule has 132 valence electrons. The van der Waals surface area contributed by atoms with Gasteiger partial charge in [-0.1, -0.05) is 54.6 Å². The molecule has 0 radical (unpaired) electrons. The molecule has 6 heteroatoms. The quantitative estimate of drug-likeness (QED) is 0.703. The van der Waals surface area contributed by atoms with Gasteiger partial charge in [-0.25, -0.2) is 4.79 Å². The number of rotatable bonds is 8. The second-order valence-corrected chi connectivity index (χ2v) is 6.46. The summed E-state index contributed by atoms with van der Waals surface area (Å²) >= 11 is 1.01. The molecule has 0 saturated heterocycles. The number of ether oxygens (including phenoxy) is 1. The van der Waals surface area contributed by atoms with Crippen molar-refractivity contribution in [1.82, 2.24) is 0 Å². The van der Waals surface area contributed by atoms with Gasteiger partial charge in [-0.05, 0) is 41.3 Å². The summed E-state index contributed by atoms with van der Waals surface area (Å²) in [5.74, 6) is -0.712. The van der Waals surface area contributed by atoms with Gasteiger partial charge < -0.3 is 15.6 Å². The number of carboxylic acids is 1. The number of hydrogen-bond donors (Lipinski definition) is 2. The average molecular weight is 359 g/mol. The van der Waals surface area contributed by atoms with E-state index < -0.39 is 17.3 Å². The zero-order valence-electron chi connectivity index (χ0n) is 13.8. The Morgan fingerprint density at radius 1 is 1.00 bits per heavy atom. The van der Waals surface area contributed by atoms with Crippen LogP contribution in [0.3, 0.4) is 0 Å². The maximum atomic E-state index is 11.7. The number of carbonyl (C=O) groups is 2. The molecule has 0 aliphatic carbocycles. The molecule has 0 aliphatic rings. The first-order valence-corrected chi connectivity index (χ1v) is 8.93. The number of aryl methyl sites for hydroxylation is 2. The first kappa shape index (κ1) is 19.0. The van der Waals surface area contributed by atoms with Gasteiger partial charge in [-0.2, -0.15) is 0 Å². The highest BCUT2D eigenvalue weighted by atomic mass is 32.2. The van der Waals surface area contributed by atoms with Crippen molar-refractivity contribution in [2.75, 3.05) is 6.61 Å². The van der Waals surface area contributed by atoms with E-state index in [1.807, 2.05) is 36.4 Å². The minimum Gasteiger partial charge on any atom is -0.480 e. The summed E-state index contributed by atoms with van der Waals surface area (Å²) < 4.78 is 4.87. The molecule has 1 atom stereocenters. The minimum atomic E-state index is -1.19. The zero-order valence-corrected chi connectivity index (χ0v) is 14.6. The zero-order chi connectivity index (χ0) is 18.1. The van der Waals surface area contributed by atoms with Crippen LogP contribution in [0.25, 0.3) is 0 Å². The summed E-state index contributed by atoms with van der Waals surface area (Å²) in [4.78, 5) is 22.3. The monoisotopic (exact) mass is 359 g/mol. The van der Waals surface area contributed by atoms with Crippen LogP contribution in [0.1, 0.15) is 16.7 Å². The van der Waals surface area contributed by atoms with E-state index >= 15 is 0 Å². The molecule has 2 aromatic carbocycles. The van der Waals surface area contributed by atoms with Gasteiger partial charge in [-0.3, -0.25) is 4.79 Å². The second kappa shape index (κ2) is 9.86. The molecular formula is C19H21NO4S. The molecule has 3 N–H and O–H groups in total. The van der Waals surface area contributed by atoms with E-state index in [-0.39, 0.29) is 6.61 Å². The van der Waals surface area contributed by atoms with Crippen molar-refractivity contribution in [1.29, 1.82) is 0 Å². The average Bonchev–Trinajstić information content (AvgIpc) is 2.64. The van der Waals surface area contributed by atoms with Crippen LogP contribution in [0.4, 0.5) is 4.79 Å². The lowest BCUT2D eigenvalue weighted by Gasteiger charge is -2.10. The second-order valence-electron chi connectivity index (χ2n) is 5.55. The molecule has 0 bridgehead atoms. The van der Waals surface area contributed by atoms with Gasteiger partial charge in [0, 0.05) is 5.75 Å². The van der Waals surface area contributed by atoms with Crippen molar-refractivity contribution < 1.29 is 19.4 Å². The standard InChI is InChI=1S/C19H21NO4S/c20-17(18(21)22)12-24-19(23)25-13-16-9-5-4-8-15(16)11-10-14-6-2-1-3-7-14/h1-9,17H,10-13,20H2,(H,21,22). The summed E-state index contributed by atoms with van der Waals surface area (Å²) in [6.07, 6.45) is 1.82. The SMILES string of the molecule is NC(COC(=O)SCc1ccccc1CCc1ccccc1)C(=O)O. The molecule has 0 heterocycles. The minimum absolute atomic E-state index is 0.323. The topological polar surface area (TPSA) is 89.6 Å². The summed E-state index contributed by atoms with van der Waals surface area (Å²) in [5, 5.41) is 8.15. The fraction of sp³-hybridized carbons (Fsp3) is 0.263. The van der Waals surface area contributed by atoms with Crippen molar-refractivity contribution in [2.24, 2.45) is 5.73 Å². The van der Waals surface area contributed by atoms with Gasteiger partial charge in [0.05, 0.1) is 0 Å². The number of aliphatic carboxylic acids is 1. The summed E-state index contributed by atoms with van der Waals surface area (Å²) in [5.41, 5.74) is 8.84. The molecule has 0 fully saturated rings. The fourth-order valence-corrected chi connectivity index (χ4v) is 2.98. The van der Waals surface area contributed by atoms with Gasteiger partial charge in [0.15, 0.2) is 0 Å². The molecule has 25 heavy (non-hydrogen) atoms. The van der Waals surface area contributed by atoms with Crippen LogP contribution in [-0.4, -0.2) is 29.0 Å². The molecule has 5 nitrogen and oxygen atoms in total. The Labute approximate surface area is 151 Å². The van der Waals surface area contributed by atoms with Crippen molar-refractivity contribution in [3.8, 4) is 0 Å². The van der Waals surface area contributed by atoms with Gasteiger partial charge >= 0.3 is 11.3 Å². The molecule has 2 aromatic rings. The Bertz CT molecular complexity index is 706. The molecule has 0 spiro atoms. The lowest BCUT2D eigenvalue weighted by atomic mass is 10.0. The number of nitrogens with two attached hydrogens (primary N) is 1. The van der Waals surface area contributed by atoms with E-state index in [4.69, 9.17) is 15.6 Å². The first-order chi connectivity index (χ1) is 12.1. The van der Waals surface area contributed by atoms with Gasteiger partial charge in [-0.15, -0.1) is 0 Å². The maximum absolute atomic E-state index is 11.7. The molecule has 0 aliphatic heterocycles. The Balaban J connectivity index is 1.85. The molecular weight excluding hydrogens is 338 g/mol. The van der Waals surface area contributed by atoms with E-state index in [1.165, 1.54) is 11.1 Å². The Hall–Kier alpha value is -2.31. The van der Waals surface area contributed by atoms with Crippen molar-refractivity contribution in [3.05, 3.63) is 71.3 Å². The third kappa shape index (κ3) is 6.60. The molecule has 2 rings (SSSR count). The number of benzene rings is 2. The van der Waals surface area contributed by atoms with Gasteiger partial charge in [0.25, 0.3) is 0 Å². The highest BCUT2D eigenvalue weighted by Gasteiger charge is 2.15. The summed E-state index contributed by atoms with van der Waals surface area (Å²) in [6, 6.07) is 17.0. The summed E-state index contributed by atoms with van der Waals surface area (Å²) in [7, 11) is 0. The normalized spacial score (nSPS) is 11.7. The van der Waals surface area contributed by atoms with Gasteiger partial charge in [0.1, 0.15) is 12.6 Å². The smallest absolute Gasteiger partial charge is 0.367 e. The van der Waals surface area contributed by atoms with E-state index in [0.29, 0.717) is 5.75 Å². The van der Waals surface area contributed by atoms with Crippen LogP contribution < -0.4 is 5.73 Å². The Morgan fingerprint density at radius 2 is 1.64 bits per heavy atom. The van der Waals surface area contributed by atoms with Crippen LogP contribution in [0.5, 0.6) is 0 Å². The summed E-state index contributed by atoms with van der Waals surface area (Å²) in [6.45, 7) is -0.323. The van der Waals surface area contributed by atoms with E-state index in [1.54, 1.807) is 0 Å². The predicted molar refractivity (Wildman–Crippen MR) is 98.5 cm³/mol. The van der Waals surface area contributed by atoms with Crippen molar-refractivity contribution >= 4 is 23.0 Å². The largest absolute Gasteiger partial charge is 0.480 e. The Morgan fingerprint density at radius 3 is 2.32 bits per heavy atom. The number of carboxylic acid groups (broad SMARTS) is 1. The third-order valence-electron chi connectivity index (χ3n) is 3.69. The van der Waals surface area contributed by atoms with Crippen LogP contribution in [0.2, 0.25) is 0 Å². The van der Waals surface area contributed by atoms with Crippen molar-refractivity contribution in [3.63, 3.8) is 0 Å². The van der Waals surface area contributed by atoms with Gasteiger partial charge in [0.2, 0.25) is 0 Å². The van der Waals surface area contributed by atoms with E-state index in [2.05, 4.69) is 18.2 Å². The maximum Gasteiger partial charge on any atom is 0.367 e. The Kier molecular flexibility index (Phi) is 7.50. The number of carbonyl (C=O) groups excluding carboxylic acids is 1. The van der Waals surface area contributed by atoms with E-state index in [0.717, 1.165) is 30.2 Å². The molecule has 0 aromatic heterocycles. The van der Waals surface area contributed by atoms with Crippen LogP contribution >= 0.6 is 11.8 Å². The lowest BCUT2D eigenvalue weighted by molar-refractivity contribution is -0.139. The third-order valence-corrected chi connectivity index (χ3v) is 4.50. The molecule has 0 amide bonds.